The molecule has 0 spiro atoms. The van der Waals surface area contributed by atoms with Crippen LogP contribution < -0.4 is 20.1 Å². The van der Waals surface area contributed by atoms with Gasteiger partial charge in [-0.1, -0.05) is 25.3 Å². The number of amides is 1. The molecular formula is C20H23N3O3. The first kappa shape index (κ1) is 16.7. The standard InChI is InChI=1S/C20H23N3O3/c24-20(22-11-14-6-9-18-19(10-14)26-13-25-18)17-8-7-16(12-21-17)23-15-4-2-1-3-5-15/h6-10,12,15,23H,1-5,11,13H2,(H,22,24). The Kier molecular flexibility index (Phi) is 4.91. The van der Waals surface area contributed by atoms with E-state index in [9.17, 15) is 4.79 Å². The molecule has 0 saturated heterocycles. The first-order valence-corrected chi connectivity index (χ1v) is 9.17. The van der Waals surface area contributed by atoms with E-state index in [1.807, 2.05) is 24.3 Å². The maximum absolute atomic E-state index is 12.3. The van der Waals surface area contributed by atoms with Crippen molar-refractivity contribution in [3.05, 3.63) is 47.8 Å². The lowest BCUT2D eigenvalue weighted by atomic mass is 9.95. The van der Waals surface area contributed by atoms with E-state index in [2.05, 4.69) is 15.6 Å². The second-order valence-corrected chi connectivity index (χ2v) is 6.78. The van der Waals surface area contributed by atoms with E-state index in [-0.39, 0.29) is 12.7 Å². The van der Waals surface area contributed by atoms with Crippen molar-refractivity contribution in [1.29, 1.82) is 0 Å². The van der Waals surface area contributed by atoms with Gasteiger partial charge < -0.3 is 20.1 Å². The highest BCUT2D eigenvalue weighted by Crippen LogP contribution is 2.32. The number of nitrogens with zero attached hydrogens (tertiary/aromatic N) is 1. The van der Waals surface area contributed by atoms with Crippen LogP contribution in [-0.2, 0) is 6.54 Å². The van der Waals surface area contributed by atoms with E-state index < -0.39 is 0 Å². The van der Waals surface area contributed by atoms with Crippen molar-refractivity contribution >= 4 is 11.6 Å². The van der Waals surface area contributed by atoms with E-state index in [1.54, 1.807) is 12.3 Å². The number of fused-ring (bicyclic) bond motifs is 1. The molecule has 26 heavy (non-hydrogen) atoms. The zero-order chi connectivity index (χ0) is 17.8. The number of hydrogen-bond donors (Lipinski definition) is 2. The van der Waals surface area contributed by atoms with Crippen molar-refractivity contribution < 1.29 is 14.3 Å². The second kappa shape index (κ2) is 7.64. The maximum atomic E-state index is 12.3. The number of carbonyl (C=O) groups excluding carboxylic acids is 1. The average molecular weight is 353 g/mol. The summed E-state index contributed by atoms with van der Waals surface area (Å²) in [5.74, 6) is 1.27. The lowest BCUT2D eigenvalue weighted by Gasteiger charge is -2.23. The van der Waals surface area contributed by atoms with Crippen LogP contribution in [0.4, 0.5) is 5.69 Å². The predicted molar refractivity (Wildman–Crippen MR) is 98.5 cm³/mol. The molecule has 1 aromatic heterocycles. The number of pyridine rings is 1. The zero-order valence-corrected chi connectivity index (χ0v) is 14.7. The van der Waals surface area contributed by atoms with Crippen molar-refractivity contribution in [1.82, 2.24) is 10.3 Å². The Bertz CT molecular complexity index is 770. The third-order valence-corrected chi connectivity index (χ3v) is 4.86. The van der Waals surface area contributed by atoms with Crippen molar-refractivity contribution in [2.75, 3.05) is 12.1 Å². The molecule has 6 heteroatoms. The van der Waals surface area contributed by atoms with E-state index >= 15 is 0 Å². The molecule has 6 nitrogen and oxygen atoms in total. The van der Waals surface area contributed by atoms with Crippen LogP contribution in [0.3, 0.4) is 0 Å². The summed E-state index contributed by atoms with van der Waals surface area (Å²) in [6, 6.07) is 9.87. The molecule has 2 aliphatic rings. The van der Waals surface area contributed by atoms with Gasteiger partial charge in [-0.05, 0) is 42.7 Å². The van der Waals surface area contributed by atoms with Gasteiger partial charge in [0.25, 0.3) is 5.91 Å². The quantitative estimate of drug-likeness (QED) is 0.861. The Balaban J connectivity index is 1.31. The summed E-state index contributed by atoms with van der Waals surface area (Å²) in [6.07, 6.45) is 8.05. The topological polar surface area (TPSA) is 72.5 Å². The summed E-state index contributed by atoms with van der Waals surface area (Å²) in [4.78, 5) is 16.6. The van der Waals surface area contributed by atoms with Crippen LogP contribution in [0.5, 0.6) is 11.5 Å². The predicted octanol–water partition coefficient (Wildman–Crippen LogP) is 3.48. The van der Waals surface area contributed by atoms with Gasteiger partial charge in [-0.25, -0.2) is 4.98 Å². The van der Waals surface area contributed by atoms with E-state index in [0.29, 0.717) is 24.0 Å². The van der Waals surface area contributed by atoms with Gasteiger partial charge in [0.2, 0.25) is 6.79 Å². The smallest absolute Gasteiger partial charge is 0.270 e. The fraction of sp³-hybridized carbons (Fsp3) is 0.400. The molecule has 0 radical (unpaired) electrons. The Hall–Kier alpha value is -2.76. The number of nitrogens with one attached hydrogen (secondary N) is 2. The molecule has 1 amide bonds. The SMILES string of the molecule is O=C(NCc1ccc2c(c1)OCO2)c1ccc(NC2CCCCC2)cn1. The summed E-state index contributed by atoms with van der Waals surface area (Å²) in [6.45, 7) is 0.662. The summed E-state index contributed by atoms with van der Waals surface area (Å²) >= 11 is 0. The van der Waals surface area contributed by atoms with Crippen molar-refractivity contribution in [3.63, 3.8) is 0 Å². The zero-order valence-electron chi connectivity index (χ0n) is 14.7. The fourth-order valence-electron chi connectivity index (χ4n) is 3.42. The monoisotopic (exact) mass is 353 g/mol. The molecule has 2 aromatic rings. The van der Waals surface area contributed by atoms with Crippen molar-refractivity contribution in [2.45, 2.75) is 44.7 Å². The molecule has 1 aromatic carbocycles. The average Bonchev–Trinajstić information content (AvgIpc) is 3.15. The number of hydrogen-bond acceptors (Lipinski definition) is 5. The molecule has 0 atom stereocenters. The Morgan fingerprint density at radius 1 is 1.08 bits per heavy atom. The number of ether oxygens (including phenoxy) is 2. The first-order chi connectivity index (χ1) is 12.8. The van der Waals surface area contributed by atoms with Gasteiger partial charge in [-0.15, -0.1) is 0 Å². The number of aromatic nitrogens is 1. The molecule has 4 rings (SSSR count). The Labute approximate surface area is 152 Å². The fourth-order valence-corrected chi connectivity index (χ4v) is 3.42. The van der Waals surface area contributed by atoms with Crippen LogP contribution >= 0.6 is 0 Å². The molecule has 2 heterocycles. The normalized spacial score (nSPS) is 16.3. The van der Waals surface area contributed by atoms with Crippen LogP contribution in [0.1, 0.15) is 48.2 Å². The lowest BCUT2D eigenvalue weighted by molar-refractivity contribution is 0.0946. The Morgan fingerprint density at radius 3 is 2.73 bits per heavy atom. The van der Waals surface area contributed by atoms with Gasteiger partial charge in [0.15, 0.2) is 11.5 Å². The minimum atomic E-state index is -0.188. The first-order valence-electron chi connectivity index (χ1n) is 9.17. The highest BCUT2D eigenvalue weighted by Gasteiger charge is 2.15. The van der Waals surface area contributed by atoms with Crippen LogP contribution in [0.25, 0.3) is 0 Å². The molecule has 2 N–H and O–H groups in total. The van der Waals surface area contributed by atoms with Gasteiger partial charge in [-0.3, -0.25) is 4.79 Å². The van der Waals surface area contributed by atoms with Crippen LogP contribution in [0, 0.1) is 0 Å². The Morgan fingerprint density at radius 2 is 1.92 bits per heavy atom. The molecule has 0 unspecified atom stereocenters. The molecule has 136 valence electrons. The summed E-state index contributed by atoms with van der Waals surface area (Å²) in [5.41, 5.74) is 2.35. The third kappa shape index (κ3) is 3.90. The molecular weight excluding hydrogens is 330 g/mol. The minimum absolute atomic E-state index is 0.188. The third-order valence-electron chi connectivity index (χ3n) is 4.86. The van der Waals surface area contributed by atoms with Gasteiger partial charge >= 0.3 is 0 Å². The van der Waals surface area contributed by atoms with E-state index in [1.165, 1.54) is 32.1 Å². The maximum Gasteiger partial charge on any atom is 0.270 e. The lowest BCUT2D eigenvalue weighted by Crippen LogP contribution is -2.24. The van der Waals surface area contributed by atoms with Crippen LogP contribution in [0.2, 0.25) is 0 Å². The summed E-state index contributed by atoms with van der Waals surface area (Å²) < 4.78 is 10.6. The molecule has 0 bridgehead atoms. The molecule has 1 aliphatic carbocycles. The minimum Gasteiger partial charge on any atom is -0.454 e. The molecule has 1 fully saturated rings. The molecule has 1 saturated carbocycles. The number of anilines is 1. The van der Waals surface area contributed by atoms with Gasteiger partial charge in [-0.2, -0.15) is 0 Å². The highest BCUT2D eigenvalue weighted by molar-refractivity contribution is 5.92. The largest absolute Gasteiger partial charge is 0.454 e. The number of rotatable bonds is 5. The number of carbonyl (C=O) groups is 1. The van der Waals surface area contributed by atoms with E-state index in [0.717, 1.165) is 17.0 Å². The second-order valence-electron chi connectivity index (χ2n) is 6.78. The summed E-state index contributed by atoms with van der Waals surface area (Å²) in [7, 11) is 0. The van der Waals surface area contributed by atoms with Crippen LogP contribution in [-0.4, -0.2) is 23.7 Å². The highest BCUT2D eigenvalue weighted by atomic mass is 16.7. The van der Waals surface area contributed by atoms with Crippen molar-refractivity contribution in [3.8, 4) is 11.5 Å². The number of benzene rings is 1. The van der Waals surface area contributed by atoms with Gasteiger partial charge in [0.1, 0.15) is 5.69 Å². The van der Waals surface area contributed by atoms with Crippen LogP contribution in [0.15, 0.2) is 36.5 Å². The van der Waals surface area contributed by atoms with Gasteiger partial charge in [0.05, 0.1) is 11.9 Å². The molecule has 1 aliphatic heterocycles. The summed E-state index contributed by atoms with van der Waals surface area (Å²) in [5, 5.41) is 6.40. The van der Waals surface area contributed by atoms with E-state index in [4.69, 9.17) is 9.47 Å². The van der Waals surface area contributed by atoms with Gasteiger partial charge in [0, 0.05) is 12.6 Å². The van der Waals surface area contributed by atoms with Crippen molar-refractivity contribution in [2.24, 2.45) is 0 Å².